The van der Waals surface area contributed by atoms with Gasteiger partial charge in [-0.15, -0.1) is 0 Å². The molecule has 0 aliphatic carbocycles. The second kappa shape index (κ2) is 7.77. The number of rotatable bonds is 5. The topological polar surface area (TPSA) is 75.9 Å². The van der Waals surface area contributed by atoms with Gasteiger partial charge >= 0.3 is 0 Å². The molecule has 0 aliphatic heterocycles. The number of aromatic nitrogens is 4. The van der Waals surface area contributed by atoms with E-state index in [2.05, 4.69) is 50.6 Å². The summed E-state index contributed by atoms with van der Waals surface area (Å²) in [4.78, 5) is 13.5. The first-order chi connectivity index (χ1) is 14.8. The van der Waals surface area contributed by atoms with Crippen molar-refractivity contribution in [3.8, 4) is 17.2 Å². The zero-order chi connectivity index (χ0) is 20.3. The lowest BCUT2D eigenvalue weighted by atomic mass is 10.1. The van der Waals surface area contributed by atoms with Crippen LogP contribution in [0.25, 0.3) is 28.0 Å². The standard InChI is InChI=1S/C24H18N5O/c30-16-21-15-26-23(19-11-10-17-6-4-5-7-18(17)14-19)29(21)22-12-13-25-24(28-22)27-20-8-2-1-3-9-20/h1-2,4-15,30H,16H2,(H,25,27,28). The predicted octanol–water partition coefficient (Wildman–Crippen LogP) is 4.52. The van der Waals surface area contributed by atoms with E-state index in [1.165, 1.54) is 0 Å². The number of hydrogen-bond donors (Lipinski definition) is 2. The number of hydrogen-bond acceptors (Lipinski definition) is 5. The molecule has 2 N–H and O–H groups in total. The molecular weight excluding hydrogens is 374 g/mol. The van der Waals surface area contributed by atoms with Crippen molar-refractivity contribution in [2.24, 2.45) is 0 Å². The summed E-state index contributed by atoms with van der Waals surface area (Å²) in [6.45, 7) is -0.152. The number of aliphatic hydroxyl groups is 1. The van der Waals surface area contributed by atoms with Crippen molar-refractivity contribution >= 4 is 22.4 Å². The van der Waals surface area contributed by atoms with Gasteiger partial charge in [-0.2, -0.15) is 4.98 Å². The summed E-state index contributed by atoms with van der Waals surface area (Å²) >= 11 is 0. The fraction of sp³-hybridized carbons (Fsp3) is 0.0417. The summed E-state index contributed by atoms with van der Waals surface area (Å²) in [5.74, 6) is 1.79. The maximum atomic E-state index is 9.89. The third-order valence-electron chi connectivity index (χ3n) is 4.84. The zero-order valence-electron chi connectivity index (χ0n) is 16.0. The molecule has 3 aromatic carbocycles. The third-order valence-corrected chi connectivity index (χ3v) is 4.84. The second-order valence-electron chi connectivity index (χ2n) is 6.78. The number of imidazole rings is 1. The van der Waals surface area contributed by atoms with E-state index in [0.717, 1.165) is 22.0 Å². The van der Waals surface area contributed by atoms with Crippen LogP contribution in [0.3, 0.4) is 0 Å². The molecule has 6 nitrogen and oxygen atoms in total. The molecule has 5 aromatic rings. The lowest BCUT2D eigenvalue weighted by Gasteiger charge is -2.12. The first kappa shape index (κ1) is 18.0. The van der Waals surface area contributed by atoms with Gasteiger partial charge in [-0.05, 0) is 41.1 Å². The summed E-state index contributed by atoms with van der Waals surface area (Å²) in [6, 6.07) is 26.7. The van der Waals surface area contributed by atoms with Crippen molar-refractivity contribution in [1.29, 1.82) is 0 Å². The van der Waals surface area contributed by atoms with Crippen LogP contribution in [0.1, 0.15) is 5.69 Å². The maximum absolute atomic E-state index is 9.89. The number of nitrogens with one attached hydrogen (secondary N) is 1. The SMILES string of the molecule is OCc1cnc(-c2ccc3ccccc3c2)n1-c1ccnc(Nc2c[c]ccc2)n1. The Labute approximate surface area is 173 Å². The molecule has 6 heteroatoms. The Kier molecular flexibility index (Phi) is 4.67. The fourth-order valence-corrected chi connectivity index (χ4v) is 3.42. The molecule has 5 rings (SSSR count). The summed E-state index contributed by atoms with van der Waals surface area (Å²) in [5, 5.41) is 15.4. The molecule has 0 bridgehead atoms. The average Bonchev–Trinajstić information content (AvgIpc) is 3.24. The molecule has 0 unspecified atom stereocenters. The molecule has 145 valence electrons. The molecule has 0 saturated carbocycles. The monoisotopic (exact) mass is 392 g/mol. The Hall–Kier alpha value is -4.03. The van der Waals surface area contributed by atoms with E-state index in [4.69, 9.17) is 0 Å². The maximum Gasteiger partial charge on any atom is 0.229 e. The second-order valence-corrected chi connectivity index (χ2v) is 6.78. The molecule has 2 aromatic heterocycles. The van der Waals surface area contributed by atoms with Crippen molar-refractivity contribution in [3.63, 3.8) is 0 Å². The van der Waals surface area contributed by atoms with Crippen LogP contribution in [-0.4, -0.2) is 24.6 Å². The van der Waals surface area contributed by atoms with Gasteiger partial charge in [0.15, 0.2) is 0 Å². The summed E-state index contributed by atoms with van der Waals surface area (Å²) in [6.07, 6.45) is 3.36. The van der Waals surface area contributed by atoms with E-state index in [1.807, 2.05) is 47.0 Å². The van der Waals surface area contributed by atoms with Gasteiger partial charge < -0.3 is 10.4 Å². The zero-order valence-corrected chi connectivity index (χ0v) is 16.0. The molecule has 2 heterocycles. The molecule has 0 spiro atoms. The van der Waals surface area contributed by atoms with Crippen molar-refractivity contribution < 1.29 is 5.11 Å². The van der Waals surface area contributed by atoms with Gasteiger partial charge in [-0.1, -0.05) is 48.5 Å². The Morgan fingerprint density at radius 1 is 0.967 bits per heavy atom. The largest absolute Gasteiger partial charge is 0.390 e. The minimum absolute atomic E-state index is 0.152. The van der Waals surface area contributed by atoms with Crippen LogP contribution in [0.4, 0.5) is 11.6 Å². The van der Waals surface area contributed by atoms with E-state index in [1.54, 1.807) is 18.5 Å². The fourth-order valence-electron chi connectivity index (χ4n) is 3.42. The normalized spacial score (nSPS) is 11.0. The highest BCUT2D eigenvalue weighted by atomic mass is 16.3. The van der Waals surface area contributed by atoms with Gasteiger partial charge in [0.2, 0.25) is 5.95 Å². The van der Waals surface area contributed by atoms with Crippen LogP contribution < -0.4 is 5.32 Å². The highest BCUT2D eigenvalue weighted by Gasteiger charge is 2.15. The van der Waals surface area contributed by atoms with Crippen molar-refractivity contribution in [2.45, 2.75) is 6.61 Å². The Balaban J connectivity index is 1.59. The predicted molar refractivity (Wildman–Crippen MR) is 117 cm³/mol. The van der Waals surface area contributed by atoms with E-state index in [9.17, 15) is 5.11 Å². The molecule has 0 fully saturated rings. The number of anilines is 2. The Morgan fingerprint density at radius 3 is 2.70 bits per heavy atom. The number of benzene rings is 3. The summed E-state index contributed by atoms with van der Waals surface area (Å²) in [7, 11) is 0. The first-order valence-corrected chi connectivity index (χ1v) is 9.55. The molecule has 1 radical (unpaired) electrons. The van der Waals surface area contributed by atoms with Gasteiger partial charge in [0.25, 0.3) is 0 Å². The van der Waals surface area contributed by atoms with Gasteiger partial charge in [0.1, 0.15) is 11.6 Å². The summed E-state index contributed by atoms with van der Waals surface area (Å²) in [5.41, 5.74) is 2.44. The highest BCUT2D eigenvalue weighted by Crippen LogP contribution is 2.27. The molecule has 0 atom stereocenters. The van der Waals surface area contributed by atoms with E-state index in [0.29, 0.717) is 23.3 Å². The molecule has 0 amide bonds. The minimum Gasteiger partial charge on any atom is -0.390 e. The summed E-state index contributed by atoms with van der Waals surface area (Å²) < 4.78 is 1.86. The van der Waals surface area contributed by atoms with E-state index >= 15 is 0 Å². The van der Waals surface area contributed by atoms with Crippen LogP contribution in [0.2, 0.25) is 0 Å². The highest BCUT2D eigenvalue weighted by molar-refractivity contribution is 5.86. The lowest BCUT2D eigenvalue weighted by Crippen LogP contribution is -2.07. The van der Waals surface area contributed by atoms with Crippen LogP contribution in [0.5, 0.6) is 0 Å². The van der Waals surface area contributed by atoms with Gasteiger partial charge in [0.05, 0.1) is 18.5 Å². The Morgan fingerprint density at radius 2 is 1.87 bits per heavy atom. The number of fused-ring (bicyclic) bond motifs is 1. The van der Waals surface area contributed by atoms with Crippen molar-refractivity contribution in [2.75, 3.05) is 5.32 Å². The van der Waals surface area contributed by atoms with Gasteiger partial charge in [0, 0.05) is 17.4 Å². The van der Waals surface area contributed by atoms with Crippen LogP contribution in [0, 0.1) is 6.07 Å². The average molecular weight is 392 g/mol. The van der Waals surface area contributed by atoms with Crippen molar-refractivity contribution in [1.82, 2.24) is 19.5 Å². The Bertz CT molecular complexity index is 1310. The number of nitrogens with zero attached hydrogens (tertiary/aromatic N) is 4. The quantitative estimate of drug-likeness (QED) is 0.460. The van der Waals surface area contributed by atoms with Crippen LogP contribution in [0.15, 0.2) is 85.2 Å². The lowest BCUT2D eigenvalue weighted by molar-refractivity contribution is 0.274. The van der Waals surface area contributed by atoms with E-state index < -0.39 is 0 Å². The number of aliphatic hydroxyl groups excluding tert-OH is 1. The van der Waals surface area contributed by atoms with Crippen molar-refractivity contribution in [3.05, 3.63) is 97.0 Å². The smallest absolute Gasteiger partial charge is 0.229 e. The van der Waals surface area contributed by atoms with Gasteiger partial charge in [-0.25, -0.2) is 9.97 Å². The molecule has 0 aliphatic rings. The van der Waals surface area contributed by atoms with Crippen LogP contribution in [-0.2, 0) is 6.61 Å². The first-order valence-electron chi connectivity index (χ1n) is 9.55. The van der Waals surface area contributed by atoms with Gasteiger partial charge in [-0.3, -0.25) is 4.57 Å². The molecule has 30 heavy (non-hydrogen) atoms. The van der Waals surface area contributed by atoms with Crippen LogP contribution >= 0.6 is 0 Å². The molecule has 0 saturated heterocycles. The minimum atomic E-state index is -0.152. The molecular formula is C24H18N5O. The third kappa shape index (κ3) is 3.40. The van der Waals surface area contributed by atoms with E-state index in [-0.39, 0.29) is 6.61 Å².